The van der Waals surface area contributed by atoms with Crippen molar-refractivity contribution in [3.8, 4) is 5.75 Å². The van der Waals surface area contributed by atoms with Crippen LogP contribution in [0.1, 0.15) is 31.2 Å². The van der Waals surface area contributed by atoms with Crippen LogP contribution in [0.5, 0.6) is 5.75 Å². The Kier molecular flexibility index (Phi) is 6.93. The lowest BCUT2D eigenvalue weighted by Gasteiger charge is -2.22. The highest BCUT2D eigenvalue weighted by Crippen LogP contribution is 2.18. The molecule has 1 aliphatic rings. The summed E-state index contributed by atoms with van der Waals surface area (Å²) in [5, 5.41) is 3.81. The fraction of sp³-hybridized carbons (Fsp3) is 0.500. The normalized spacial score (nSPS) is 16.0. The first-order valence-corrected chi connectivity index (χ1v) is 7.84. The molecular weight excluding hydrogens is 304 g/mol. The second-order valence-electron chi connectivity index (χ2n) is 5.52. The number of carbonyl (C=O) groups excluding carboxylic acids is 1. The van der Waals surface area contributed by atoms with Crippen LogP contribution in [-0.2, 0) is 4.79 Å². The van der Waals surface area contributed by atoms with Crippen LogP contribution < -0.4 is 15.1 Å². The van der Waals surface area contributed by atoms with E-state index in [1.54, 1.807) is 18.2 Å². The fourth-order valence-corrected chi connectivity index (χ4v) is 2.61. The van der Waals surface area contributed by atoms with Crippen molar-refractivity contribution in [2.24, 2.45) is 5.10 Å². The highest BCUT2D eigenvalue weighted by molar-refractivity contribution is 5.85. The molecule has 1 fully saturated rings. The smallest absolute Gasteiger partial charge is 0.387 e. The molecule has 0 aromatic heterocycles. The second kappa shape index (κ2) is 9.19. The Labute approximate surface area is 134 Å². The topological polar surface area (TPSA) is 55.1 Å². The summed E-state index contributed by atoms with van der Waals surface area (Å²) in [6, 6.07) is 6.29. The standard InChI is InChI=1S/C16H21F2N3O2/c17-16(18)23-14-7-3-2-6-13(14)12-19-20-15(22)8-11-21-9-4-1-5-10-21/h2-3,6-7,12,16H,1,4-5,8-11H2,(H,20,22)/p+1/b19-12-. The van der Waals surface area contributed by atoms with E-state index in [2.05, 4.69) is 15.3 Å². The molecule has 2 N–H and O–H groups in total. The van der Waals surface area contributed by atoms with Gasteiger partial charge in [0.2, 0.25) is 5.91 Å². The summed E-state index contributed by atoms with van der Waals surface area (Å²) in [5.74, 6) is -0.148. The Morgan fingerprint density at radius 3 is 2.78 bits per heavy atom. The Balaban J connectivity index is 1.78. The first-order chi connectivity index (χ1) is 11.1. The number of likely N-dealkylation sites (tertiary alicyclic amines) is 1. The summed E-state index contributed by atoms with van der Waals surface area (Å²) >= 11 is 0. The number of para-hydroxylation sites is 1. The number of hydrazone groups is 1. The maximum Gasteiger partial charge on any atom is 0.387 e. The lowest BCUT2D eigenvalue weighted by Crippen LogP contribution is -3.12. The minimum atomic E-state index is -2.90. The predicted molar refractivity (Wildman–Crippen MR) is 82.8 cm³/mol. The molecule has 1 aromatic carbocycles. The summed E-state index contributed by atoms with van der Waals surface area (Å²) in [7, 11) is 0. The molecule has 0 radical (unpaired) electrons. The van der Waals surface area contributed by atoms with Gasteiger partial charge in [-0.25, -0.2) is 5.43 Å². The third-order valence-electron chi connectivity index (χ3n) is 3.79. The van der Waals surface area contributed by atoms with Gasteiger partial charge in [0.05, 0.1) is 32.3 Å². The molecule has 0 atom stereocenters. The second-order valence-corrected chi connectivity index (χ2v) is 5.52. The lowest BCUT2D eigenvalue weighted by molar-refractivity contribution is -0.904. The van der Waals surface area contributed by atoms with Gasteiger partial charge in [-0.15, -0.1) is 0 Å². The molecule has 1 aromatic rings. The summed E-state index contributed by atoms with van der Waals surface area (Å²) in [6.07, 6.45) is 5.43. The monoisotopic (exact) mass is 326 g/mol. The van der Waals surface area contributed by atoms with Crippen LogP contribution in [0.2, 0.25) is 0 Å². The number of nitrogens with one attached hydrogen (secondary N) is 2. The van der Waals surface area contributed by atoms with E-state index in [1.807, 2.05) is 0 Å². The molecular formula is C16H22F2N3O2+. The summed E-state index contributed by atoms with van der Waals surface area (Å²) in [4.78, 5) is 13.2. The SMILES string of the molecule is O=C(CC[NH+]1CCCCC1)N/N=C\c1ccccc1OC(F)F. The summed E-state index contributed by atoms with van der Waals surface area (Å²) in [6.45, 7) is 0.141. The number of benzene rings is 1. The van der Waals surface area contributed by atoms with Crippen molar-refractivity contribution < 1.29 is 23.2 Å². The van der Waals surface area contributed by atoms with Crippen LogP contribution in [0.15, 0.2) is 29.4 Å². The Morgan fingerprint density at radius 1 is 1.30 bits per heavy atom. The highest BCUT2D eigenvalue weighted by atomic mass is 19.3. The number of piperidine rings is 1. The maximum atomic E-state index is 12.3. The highest BCUT2D eigenvalue weighted by Gasteiger charge is 2.14. The number of ether oxygens (including phenoxy) is 1. The molecule has 126 valence electrons. The van der Waals surface area contributed by atoms with Gasteiger partial charge in [0.25, 0.3) is 0 Å². The number of halogens is 2. The number of rotatable bonds is 7. The van der Waals surface area contributed by atoms with Crippen LogP contribution in [0.3, 0.4) is 0 Å². The largest absolute Gasteiger partial charge is 0.434 e. The fourth-order valence-electron chi connectivity index (χ4n) is 2.61. The molecule has 1 saturated heterocycles. The van der Waals surface area contributed by atoms with E-state index in [4.69, 9.17) is 0 Å². The molecule has 7 heteroatoms. The minimum absolute atomic E-state index is 0.0262. The van der Waals surface area contributed by atoms with Crippen molar-refractivity contribution >= 4 is 12.1 Å². The first kappa shape index (κ1) is 17.3. The van der Waals surface area contributed by atoms with Gasteiger partial charge in [-0.1, -0.05) is 12.1 Å². The van der Waals surface area contributed by atoms with Gasteiger partial charge in [0.15, 0.2) is 0 Å². The van der Waals surface area contributed by atoms with E-state index in [-0.39, 0.29) is 11.7 Å². The molecule has 1 amide bonds. The van der Waals surface area contributed by atoms with Gasteiger partial charge >= 0.3 is 6.61 Å². The molecule has 0 unspecified atom stereocenters. The van der Waals surface area contributed by atoms with Crippen LogP contribution in [0.4, 0.5) is 8.78 Å². The third-order valence-corrected chi connectivity index (χ3v) is 3.79. The van der Waals surface area contributed by atoms with Crippen molar-refractivity contribution in [2.75, 3.05) is 19.6 Å². The Bertz CT molecular complexity index is 532. The van der Waals surface area contributed by atoms with Gasteiger partial charge in [-0.2, -0.15) is 13.9 Å². The number of amides is 1. The minimum Gasteiger partial charge on any atom is -0.434 e. The molecule has 0 spiro atoms. The molecule has 0 aliphatic carbocycles. The number of nitrogens with zero attached hydrogens (tertiary/aromatic N) is 1. The van der Waals surface area contributed by atoms with Gasteiger partial charge in [0, 0.05) is 5.56 Å². The Hall–Kier alpha value is -2.02. The van der Waals surface area contributed by atoms with Crippen LogP contribution in [-0.4, -0.2) is 38.4 Å². The van der Waals surface area contributed by atoms with E-state index in [9.17, 15) is 13.6 Å². The number of quaternary nitrogens is 1. The zero-order valence-electron chi connectivity index (χ0n) is 12.9. The quantitative estimate of drug-likeness (QED) is 0.584. The summed E-state index contributed by atoms with van der Waals surface area (Å²) < 4.78 is 29.0. The van der Waals surface area contributed by atoms with Crippen LogP contribution in [0, 0.1) is 0 Å². The molecule has 0 saturated carbocycles. The average molecular weight is 326 g/mol. The van der Waals surface area contributed by atoms with E-state index in [0.29, 0.717) is 12.0 Å². The van der Waals surface area contributed by atoms with Gasteiger partial charge in [-0.3, -0.25) is 4.79 Å². The molecule has 0 bridgehead atoms. The van der Waals surface area contributed by atoms with Crippen LogP contribution >= 0.6 is 0 Å². The molecule has 5 nitrogen and oxygen atoms in total. The third kappa shape index (κ3) is 6.32. The van der Waals surface area contributed by atoms with Gasteiger partial charge in [0.1, 0.15) is 5.75 Å². The Morgan fingerprint density at radius 2 is 2.04 bits per heavy atom. The van der Waals surface area contributed by atoms with E-state index in [1.165, 1.54) is 36.4 Å². The molecule has 2 rings (SSSR count). The molecule has 23 heavy (non-hydrogen) atoms. The zero-order chi connectivity index (χ0) is 16.5. The first-order valence-electron chi connectivity index (χ1n) is 7.84. The van der Waals surface area contributed by atoms with Crippen molar-refractivity contribution in [1.29, 1.82) is 0 Å². The van der Waals surface area contributed by atoms with E-state index in [0.717, 1.165) is 19.6 Å². The molecule has 1 aliphatic heterocycles. The molecule has 1 heterocycles. The average Bonchev–Trinajstić information content (AvgIpc) is 2.55. The number of alkyl halides is 2. The van der Waals surface area contributed by atoms with Crippen molar-refractivity contribution in [2.45, 2.75) is 32.3 Å². The van der Waals surface area contributed by atoms with E-state index < -0.39 is 6.61 Å². The summed E-state index contributed by atoms with van der Waals surface area (Å²) in [5.41, 5.74) is 2.81. The van der Waals surface area contributed by atoms with Gasteiger partial charge in [-0.05, 0) is 31.4 Å². The van der Waals surface area contributed by atoms with Crippen molar-refractivity contribution in [3.05, 3.63) is 29.8 Å². The van der Waals surface area contributed by atoms with Crippen molar-refractivity contribution in [1.82, 2.24) is 5.43 Å². The number of hydrogen-bond acceptors (Lipinski definition) is 3. The van der Waals surface area contributed by atoms with Crippen molar-refractivity contribution in [3.63, 3.8) is 0 Å². The zero-order valence-corrected chi connectivity index (χ0v) is 12.9. The predicted octanol–water partition coefficient (Wildman–Crippen LogP) is 1.20. The van der Waals surface area contributed by atoms with Crippen LogP contribution in [0.25, 0.3) is 0 Å². The lowest BCUT2D eigenvalue weighted by atomic mass is 10.1. The van der Waals surface area contributed by atoms with Gasteiger partial charge < -0.3 is 9.64 Å². The maximum absolute atomic E-state index is 12.3. The number of hydrogen-bond donors (Lipinski definition) is 2. The number of carbonyl (C=O) groups is 1. The van der Waals surface area contributed by atoms with E-state index >= 15 is 0 Å².